The summed E-state index contributed by atoms with van der Waals surface area (Å²) in [4.78, 5) is 44.3. The first-order valence-electron chi connectivity index (χ1n) is 13.5. The van der Waals surface area contributed by atoms with Crippen molar-refractivity contribution in [3.8, 4) is 0 Å². The molecule has 2 aromatic rings. The minimum absolute atomic E-state index is 0.103. The van der Waals surface area contributed by atoms with E-state index in [0.29, 0.717) is 5.69 Å². The molecule has 3 fully saturated rings. The third-order valence-electron chi connectivity index (χ3n) is 8.41. The van der Waals surface area contributed by atoms with Gasteiger partial charge in [0.1, 0.15) is 11.6 Å². The molecule has 3 aliphatic heterocycles. The van der Waals surface area contributed by atoms with E-state index in [1.807, 2.05) is 73.0 Å². The lowest BCUT2D eigenvalue weighted by atomic mass is 9.74. The molecule has 5 atom stereocenters. The molecule has 1 spiro atoms. The lowest BCUT2D eigenvalue weighted by Crippen LogP contribution is -2.56. The van der Waals surface area contributed by atoms with E-state index in [2.05, 4.69) is 10.6 Å². The van der Waals surface area contributed by atoms with Crippen molar-refractivity contribution >= 4 is 35.2 Å². The van der Waals surface area contributed by atoms with Crippen LogP contribution >= 0.6 is 11.8 Å². The third-order valence-corrected chi connectivity index (χ3v) is 9.13. The molecule has 1 saturated carbocycles. The molecule has 2 aromatic carbocycles. The minimum Gasteiger partial charge on any atom is -0.359 e. The summed E-state index contributed by atoms with van der Waals surface area (Å²) in [7, 11) is 0. The standard InChI is InChI=1S/C30H33N3O4S/c1-38-22-14-8-13-21(17-22)32-27(34)24-23-15-16-30(37-23)25(24)29(36)33(18-19-9-4-2-5-10-19)26(30)28(35)31-20-11-6-3-7-12-20/h2,4-5,8-10,13-17,20,23-26H,3,6-7,11-12,18H2,1H3,(H,31,35)(H,32,34)/t23-,24-,25-,26+,30-/m0/s1. The van der Waals surface area contributed by atoms with Crippen molar-refractivity contribution in [1.82, 2.24) is 10.2 Å². The molecule has 2 N–H and O–H groups in total. The normalized spacial score (nSPS) is 29.9. The van der Waals surface area contributed by atoms with Gasteiger partial charge in [0.15, 0.2) is 0 Å². The molecule has 0 unspecified atom stereocenters. The number of nitrogens with zero attached hydrogens (tertiary/aromatic N) is 1. The highest BCUT2D eigenvalue weighted by Crippen LogP contribution is 2.55. The lowest BCUT2D eigenvalue weighted by Gasteiger charge is -2.34. The van der Waals surface area contributed by atoms with Crippen LogP contribution in [-0.2, 0) is 25.7 Å². The molecule has 7 nitrogen and oxygen atoms in total. The number of carbonyl (C=O) groups is 3. The molecule has 198 valence electrons. The zero-order valence-electron chi connectivity index (χ0n) is 21.5. The molecule has 4 aliphatic rings. The van der Waals surface area contributed by atoms with Crippen LogP contribution in [0.1, 0.15) is 37.7 Å². The summed E-state index contributed by atoms with van der Waals surface area (Å²) in [6.07, 6.45) is 10.4. The number of hydrogen-bond acceptors (Lipinski definition) is 5. The van der Waals surface area contributed by atoms with E-state index in [4.69, 9.17) is 4.74 Å². The first-order valence-corrected chi connectivity index (χ1v) is 14.7. The van der Waals surface area contributed by atoms with E-state index in [9.17, 15) is 14.4 Å². The highest BCUT2D eigenvalue weighted by Gasteiger charge is 2.72. The number of likely N-dealkylation sites (tertiary alicyclic amines) is 1. The van der Waals surface area contributed by atoms with Crippen LogP contribution in [0.3, 0.4) is 0 Å². The number of ether oxygens (including phenoxy) is 1. The summed E-state index contributed by atoms with van der Waals surface area (Å²) >= 11 is 1.60. The maximum Gasteiger partial charge on any atom is 0.246 e. The SMILES string of the molecule is CSc1cccc(NC(=O)[C@H]2[C@@H]3C=C[C@]4(O3)[C@@H]2C(=O)N(Cc2ccccc2)[C@@H]4C(=O)NC2CCCCC2)c1. The molecule has 1 aliphatic carbocycles. The molecule has 3 heterocycles. The Morgan fingerprint density at radius 1 is 1.05 bits per heavy atom. The van der Waals surface area contributed by atoms with Crippen molar-refractivity contribution in [1.29, 1.82) is 0 Å². The summed E-state index contributed by atoms with van der Waals surface area (Å²) in [6, 6.07) is 16.6. The fourth-order valence-electron chi connectivity index (χ4n) is 6.67. The molecule has 6 rings (SSSR count). The quantitative estimate of drug-likeness (QED) is 0.414. The monoisotopic (exact) mass is 531 g/mol. The Hall–Kier alpha value is -3.10. The van der Waals surface area contributed by atoms with Crippen LogP contribution in [0.4, 0.5) is 5.69 Å². The lowest BCUT2D eigenvalue weighted by molar-refractivity contribution is -0.142. The van der Waals surface area contributed by atoms with E-state index in [1.54, 1.807) is 16.7 Å². The van der Waals surface area contributed by atoms with Gasteiger partial charge in [-0.15, -0.1) is 11.8 Å². The summed E-state index contributed by atoms with van der Waals surface area (Å²) < 4.78 is 6.46. The summed E-state index contributed by atoms with van der Waals surface area (Å²) in [6.45, 7) is 0.284. The molecule has 2 saturated heterocycles. The minimum atomic E-state index is -1.15. The Morgan fingerprint density at radius 2 is 1.84 bits per heavy atom. The van der Waals surface area contributed by atoms with Crippen LogP contribution in [0, 0.1) is 11.8 Å². The second kappa shape index (κ2) is 10.2. The van der Waals surface area contributed by atoms with Gasteiger partial charge >= 0.3 is 0 Å². The summed E-state index contributed by atoms with van der Waals surface area (Å²) in [5, 5.41) is 6.24. The zero-order chi connectivity index (χ0) is 26.3. The van der Waals surface area contributed by atoms with E-state index >= 15 is 0 Å². The van der Waals surface area contributed by atoms with Crippen LogP contribution in [0.2, 0.25) is 0 Å². The number of anilines is 1. The molecular weight excluding hydrogens is 498 g/mol. The average Bonchev–Trinajstić information content (AvgIpc) is 3.57. The van der Waals surface area contributed by atoms with Crippen molar-refractivity contribution in [2.24, 2.45) is 11.8 Å². The van der Waals surface area contributed by atoms with Crippen LogP contribution in [0.5, 0.6) is 0 Å². The smallest absolute Gasteiger partial charge is 0.246 e. The summed E-state index contributed by atoms with van der Waals surface area (Å²) in [5.74, 6) is -2.13. The van der Waals surface area contributed by atoms with Crippen molar-refractivity contribution in [2.75, 3.05) is 11.6 Å². The molecular formula is C30H33N3O4S. The topological polar surface area (TPSA) is 87.7 Å². The molecule has 0 radical (unpaired) electrons. The number of amides is 3. The molecule has 8 heteroatoms. The van der Waals surface area contributed by atoms with Crippen molar-refractivity contribution in [3.63, 3.8) is 0 Å². The van der Waals surface area contributed by atoms with Gasteiger partial charge in [0.25, 0.3) is 0 Å². The highest BCUT2D eigenvalue weighted by atomic mass is 32.2. The van der Waals surface area contributed by atoms with E-state index in [-0.39, 0.29) is 30.3 Å². The van der Waals surface area contributed by atoms with Crippen molar-refractivity contribution < 1.29 is 19.1 Å². The van der Waals surface area contributed by atoms with Crippen LogP contribution < -0.4 is 10.6 Å². The van der Waals surface area contributed by atoms with E-state index in [1.165, 1.54) is 6.42 Å². The van der Waals surface area contributed by atoms with E-state index in [0.717, 1.165) is 36.1 Å². The van der Waals surface area contributed by atoms with Crippen molar-refractivity contribution in [3.05, 3.63) is 72.3 Å². The molecule has 3 amide bonds. The fraction of sp³-hybridized carbons (Fsp3) is 0.433. The fourth-order valence-corrected chi connectivity index (χ4v) is 7.13. The van der Waals surface area contributed by atoms with Gasteiger partial charge < -0.3 is 20.3 Å². The highest BCUT2D eigenvalue weighted by molar-refractivity contribution is 7.98. The molecule has 38 heavy (non-hydrogen) atoms. The van der Waals surface area contributed by atoms with Gasteiger partial charge in [0.2, 0.25) is 17.7 Å². The number of fused-ring (bicyclic) bond motifs is 1. The first-order chi connectivity index (χ1) is 18.5. The number of carbonyl (C=O) groups excluding carboxylic acids is 3. The second-order valence-corrected chi connectivity index (χ2v) is 11.6. The number of rotatable bonds is 7. The van der Waals surface area contributed by atoms with E-state index < -0.39 is 29.6 Å². The number of nitrogens with one attached hydrogen (secondary N) is 2. The Labute approximate surface area is 227 Å². The average molecular weight is 532 g/mol. The zero-order valence-corrected chi connectivity index (χ0v) is 22.3. The predicted octanol–water partition coefficient (Wildman–Crippen LogP) is 4.15. The van der Waals surface area contributed by atoms with Crippen LogP contribution in [-0.4, -0.2) is 52.7 Å². The molecule has 2 bridgehead atoms. The maximum atomic E-state index is 14.1. The number of thioether (sulfide) groups is 1. The summed E-state index contributed by atoms with van der Waals surface area (Å²) in [5.41, 5.74) is 0.459. The van der Waals surface area contributed by atoms with Crippen LogP contribution in [0.15, 0.2) is 71.6 Å². The Balaban J connectivity index is 1.31. The van der Waals surface area contributed by atoms with Gasteiger partial charge in [0, 0.05) is 23.2 Å². The van der Waals surface area contributed by atoms with Gasteiger partial charge in [-0.2, -0.15) is 0 Å². The van der Waals surface area contributed by atoms with Gasteiger partial charge in [-0.3, -0.25) is 14.4 Å². The Bertz CT molecular complexity index is 1260. The predicted molar refractivity (Wildman–Crippen MR) is 146 cm³/mol. The largest absolute Gasteiger partial charge is 0.359 e. The van der Waals surface area contributed by atoms with Crippen LogP contribution in [0.25, 0.3) is 0 Å². The molecule has 0 aromatic heterocycles. The van der Waals surface area contributed by atoms with Gasteiger partial charge in [-0.25, -0.2) is 0 Å². The number of benzene rings is 2. The first kappa shape index (κ1) is 25.2. The van der Waals surface area contributed by atoms with Crippen molar-refractivity contribution in [2.45, 2.75) is 67.3 Å². The Morgan fingerprint density at radius 3 is 2.61 bits per heavy atom. The maximum absolute atomic E-state index is 14.1. The van der Waals surface area contributed by atoms with Gasteiger partial charge in [-0.1, -0.05) is 67.8 Å². The Kier molecular flexibility index (Phi) is 6.78. The second-order valence-electron chi connectivity index (χ2n) is 10.7. The van der Waals surface area contributed by atoms with Gasteiger partial charge in [-0.05, 0) is 42.9 Å². The third kappa shape index (κ3) is 4.33. The number of hydrogen-bond donors (Lipinski definition) is 2. The van der Waals surface area contributed by atoms with Gasteiger partial charge in [0.05, 0.1) is 17.9 Å².